The number of aromatic nitrogens is 1. The zero-order chi connectivity index (χ0) is 7.68. The van der Waals surface area contributed by atoms with Crippen molar-refractivity contribution >= 4 is 27.8 Å². The Kier molecular flexibility index (Phi) is 1.63. The standard InChI is InChI=1S/C7H6N2S2/c8-7-9-4-6(11-7)5-2-1-3-10-5/h1-4H,(H2,8,9). The van der Waals surface area contributed by atoms with Gasteiger partial charge in [0, 0.05) is 11.1 Å². The molecule has 0 aliphatic carbocycles. The van der Waals surface area contributed by atoms with Gasteiger partial charge in [-0.25, -0.2) is 4.98 Å². The third kappa shape index (κ3) is 1.27. The van der Waals surface area contributed by atoms with E-state index in [-0.39, 0.29) is 0 Å². The van der Waals surface area contributed by atoms with Crippen LogP contribution in [0, 0.1) is 0 Å². The molecule has 11 heavy (non-hydrogen) atoms. The van der Waals surface area contributed by atoms with Gasteiger partial charge < -0.3 is 5.73 Å². The van der Waals surface area contributed by atoms with Crippen LogP contribution in [0.25, 0.3) is 9.75 Å². The van der Waals surface area contributed by atoms with Crippen molar-refractivity contribution in [2.75, 3.05) is 5.73 Å². The summed E-state index contributed by atoms with van der Waals surface area (Å²) < 4.78 is 0. The van der Waals surface area contributed by atoms with E-state index in [9.17, 15) is 0 Å². The highest BCUT2D eigenvalue weighted by atomic mass is 32.1. The largest absolute Gasteiger partial charge is 0.375 e. The molecular formula is C7H6N2S2. The van der Waals surface area contributed by atoms with Gasteiger partial charge in [-0.3, -0.25) is 0 Å². The Morgan fingerprint density at radius 3 is 2.82 bits per heavy atom. The molecule has 56 valence electrons. The van der Waals surface area contributed by atoms with Crippen LogP contribution in [0.15, 0.2) is 23.7 Å². The Balaban J connectivity index is 2.45. The van der Waals surface area contributed by atoms with Crippen LogP contribution in [0.5, 0.6) is 0 Å². The molecule has 0 aliphatic heterocycles. The van der Waals surface area contributed by atoms with E-state index < -0.39 is 0 Å². The third-order valence-electron chi connectivity index (χ3n) is 1.29. The molecule has 0 saturated carbocycles. The van der Waals surface area contributed by atoms with Crippen LogP contribution < -0.4 is 5.73 Å². The fourth-order valence-electron chi connectivity index (χ4n) is 0.820. The average molecular weight is 182 g/mol. The van der Waals surface area contributed by atoms with Crippen LogP contribution in [0.1, 0.15) is 0 Å². The summed E-state index contributed by atoms with van der Waals surface area (Å²) >= 11 is 3.23. The molecule has 0 aromatic carbocycles. The van der Waals surface area contributed by atoms with Gasteiger partial charge in [-0.2, -0.15) is 0 Å². The first kappa shape index (κ1) is 6.82. The van der Waals surface area contributed by atoms with Gasteiger partial charge in [0.25, 0.3) is 0 Å². The molecule has 2 rings (SSSR count). The number of anilines is 1. The molecule has 0 bridgehead atoms. The lowest BCUT2D eigenvalue weighted by molar-refractivity contribution is 1.43. The highest BCUT2D eigenvalue weighted by molar-refractivity contribution is 7.23. The van der Waals surface area contributed by atoms with Crippen LogP contribution in [0.3, 0.4) is 0 Å². The van der Waals surface area contributed by atoms with Crippen molar-refractivity contribution < 1.29 is 0 Å². The van der Waals surface area contributed by atoms with Gasteiger partial charge >= 0.3 is 0 Å². The van der Waals surface area contributed by atoms with Gasteiger partial charge in [0.2, 0.25) is 0 Å². The summed E-state index contributed by atoms with van der Waals surface area (Å²) in [6, 6.07) is 4.09. The van der Waals surface area contributed by atoms with Crippen molar-refractivity contribution in [2.24, 2.45) is 0 Å². The summed E-state index contributed by atoms with van der Waals surface area (Å²) in [6.45, 7) is 0. The highest BCUT2D eigenvalue weighted by Gasteiger charge is 2.01. The Labute approximate surface area is 72.3 Å². The predicted octanol–water partition coefficient (Wildman–Crippen LogP) is 2.45. The number of rotatable bonds is 1. The molecule has 0 aliphatic rings. The zero-order valence-electron chi connectivity index (χ0n) is 5.65. The van der Waals surface area contributed by atoms with Gasteiger partial charge in [0.05, 0.1) is 4.88 Å². The quantitative estimate of drug-likeness (QED) is 0.735. The molecule has 0 spiro atoms. The number of hydrogen-bond donors (Lipinski definition) is 1. The van der Waals surface area contributed by atoms with Crippen LogP contribution in [-0.2, 0) is 0 Å². The molecular weight excluding hydrogens is 176 g/mol. The highest BCUT2D eigenvalue weighted by Crippen LogP contribution is 2.30. The monoisotopic (exact) mass is 182 g/mol. The van der Waals surface area contributed by atoms with E-state index in [0.717, 1.165) is 4.88 Å². The maximum Gasteiger partial charge on any atom is 0.180 e. The molecule has 2 nitrogen and oxygen atoms in total. The minimum atomic E-state index is 0.633. The zero-order valence-corrected chi connectivity index (χ0v) is 7.28. The Morgan fingerprint density at radius 1 is 1.36 bits per heavy atom. The van der Waals surface area contributed by atoms with Gasteiger partial charge in [-0.15, -0.1) is 11.3 Å². The molecule has 4 heteroatoms. The minimum Gasteiger partial charge on any atom is -0.375 e. The van der Waals surface area contributed by atoms with Gasteiger partial charge in [0.1, 0.15) is 0 Å². The van der Waals surface area contributed by atoms with Gasteiger partial charge in [-0.05, 0) is 11.4 Å². The van der Waals surface area contributed by atoms with Crippen LogP contribution in [-0.4, -0.2) is 4.98 Å². The van der Waals surface area contributed by atoms with Gasteiger partial charge in [-0.1, -0.05) is 17.4 Å². The summed E-state index contributed by atoms with van der Waals surface area (Å²) in [5, 5.41) is 2.68. The third-order valence-corrected chi connectivity index (χ3v) is 3.18. The molecule has 2 N–H and O–H groups in total. The maximum atomic E-state index is 5.50. The Hall–Kier alpha value is -0.870. The minimum absolute atomic E-state index is 0.633. The molecule has 0 amide bonds. The first-order valence-corrected chi connectivity index (χ1v) is 4.81. The van der Waals surface area contributed by atoms with E-state index in [1.807, 2.05) is 17.6 Å². The summed E-state index contributed by atoms with van der Waals surface area (Å²) in [5.74, 6) is 0. The summed E-state index contributed by atoms with van der Waals surface area (Å²) in [6.07, 6.45) is 1.81. The maximum absolute atomic E-state index is 5.50. The van der Waals surface area contributed by atoms with Crippen molar-refractivity contribution in [3.05, 3.63) is 23.7 Å². The molecule has 2 heterocycles. The second kappa shape index (κ2) is 2.64. The van der Waals surface area contributed by atoms with E-state index in [4.69, 9.17) is 5.73 Å². The van der Waals surface area contributed by atoms with Crippen molar-refractivity contribution in [3.63, 3.8) is 0 Å². The molecule has 0 saturated heterocycles. The van der Waals surface area contributed by atoms with Crippen LogP contribution in [0.4, 0.5) is 5.13 Å². The number of nitrogens with two attached hydrogens (primary N) is 1. The van der Waals surface area contributed by atoms with Gasteiger partial charge in [0.15, 0.2) is 5.13 Å². The summed E-state index contributed by atoms with van der Waals surface area (Å²) in [5.41, 5.74) is 5.50. The lowest BCUT2D eigenvalue weighted by Gasteiger charge is -1.84. The molecule has 0 atom stereocenters. The first-order chi connectivity index (χ1) is 5.36. The van der Waals surface area contributed by atoms with E-state index in [2.05, 4.69) is 11.1 Å². The van der Waals surface area contributed by atoms with Crippen molar-refractivity contribution in [1.29, 1.82) is 0 Å². The molecule has 0 fully saturated rings. The number of nitrogens with zero attached hydrogens (tertiary/aromatic N) is 1. The fourth-order valence-corrected chi connectivity index (χ4v) is 2.32. The Morgan fingerprint density at radius 2 is 2.27 bits per heavy atom. The number of thiophene rings is 1. The normalized spacial score (nSPS) is 10.2. The lowest BCUT2D eigenvalue weighted by Crippen LogP contribution is -1.77. The first-order valence-electron chi connectivity index (χ1n) is 3.11. The molecule has 0 radical (unpaired) electrons. The predicted molar refractivity (Wildman–Crippen MR) is 49.8 cm³/mol. The van der Waals surface area contributed by atoms with Crippen molar-refractivity contribution in [2.45, 2.75) is 0 Å². The molecule has 2 aromatic heterocycles. The fraction of sp³-hybridized carbons (Fsp3) is 0. The van der Waals surface area contributed by atoms with Crippen LogP contribution >= 0.6 is 22.7 Å². The summed E-state index contributed by atoms with van der Waals surface area (Å²) in [7, 11) is 0. The average Bonchev–Trinajstić information content (AvgIpc) is 2.55. The lowest BCUT2D eigenvalue weighted by atomic mass is 10.4. The van der Waals surface area contributed by atoms with Crippen molar-refractivity contribution in [3.8, 4) is 9.75 Å². The number of hydrogen-bond acceptors (Lipinski definition) is 4. The second-order valence-corrected chi connectivity index (χ2v) is 4.05. The molecule has 2 aromatic rings. The number of thiazole rings is 1. The molecule has 0 unspecified atom stereocenters. The van der Waals surface area contributed by atoms with Crippen molar-refractivity contribution in [1.82, 2.24) is 4.98 Å². The Bertz CT molecular complexity index is 337. The second-order valence-electron chi connectivity index (χ2n) is 2.04. The van der Waals surface area contributed by atoms with Crippen LogP contribution in [0.2, 0.25) is 0 Å². The SMILES string of the molecule is Nc1ncc(-c2cccs2)s1. The topological polar surface area (TPSA) is 38.9 Å². The van der Waals surface area contributed by atoms with E-state index >= 15 is 0 Å². The summed E-state index contributed by atoms with van der Waals surface area (Å²) in [4.78, 5) is 6.36. The smallest absolute Gasteiger partial charge is 0.180 e. The van der Waals surface area contributed by atoms with E-state index in [0.29, 0.717) is 5.13 Å². The van der Waals surface area contributed by atoms with E-state index in [1.165, 1.54) is 16.2 Å². The number of nitrogen functional groups attached to an aromatic ring is 1. The van der Waals surface area contributed by atoms with E-state index in [1.54, 1.807) is 11.3 Å².